The average molecular weight is 828 g/mol. The predicted molar refractivity (Wildman–Crippen MR) is 207 cm³/mol. The summed E-state index contributed by atoms with van der Waals surface area (Å²) < 4.78 is 2.29. The van der Waals surface area contributed by atoms with Crippen LogP contribution in [0.15, 0.2) is 128 Å². The van der Waals surface area contributed by atoms with Gasteiger partial charge >= 0.3 is 20.1 Å². The summed E-state index contributed by atoms with van der Waals surface area (Å²) in [5.74, 6) is 0.826. The van der Waals surface area contributed by atoms with E-state index in [1.165, 1.54) is 54.5 Å². The minimum absolute atomic E-state index is 0. The van der Waals surface area contributed by atoms with Gasteiger partial charge < -0.3 is 14.2 Å². The Labute approximate surface area is 308 Å². The smallest absolute Gasteiger partial charge is 0.510 e. The Kier molecular flexibility index (Phi) is 9.22. The SMILES string of the molecule is CC(C)c1cccc(C(C)C)c1-c1cn2c3cc4ccc5ccccc5c4cc3c3ccc[c-]c3c2n1.CN1C=CN(c2[c-]cccc2)[CH-]1.[Ir+3]. The zero-order chi connectivity index (χ0) is 33.6. The largest absolute Gasteiger partial charge is 3.00 e. The van der Waals surface area contributed by atoms with Crippen molar-refractivity contribution in [2.24, 2.45) is 0 Å². The molecule has 50 heavy (non-hydrogen) atoms. The fourth-order valence-corrected chi connectivity index (χ4v) is 7.15. The van der Waals surface area contributed by atoms with Gasteiger partial charge in [0.1, 0.15) is 0 Å². The Bertz CT molecular complexity index is 2490. The van der Waals surface area contributed by atoms with Crippen LogP contribution in [0.2, 0.25) is 0 Å². The maximum atomic E-state index is 5.31. The van der Waals surface area contributed by atoms with Crippen molar-refractivity contribution in [2.75, 3.05) is 11.9 Å². The van der Waals surface area contributed by atoms with Crippen molar-refractivity contribution in [3.05, 3.63) is 158 Å². The van der Waals surface area contributed by atoms with Crippen molar-refractivity contribution in [3.8, 4) is 11.3 Å². The zero-order valence-corrected chi connectivity index (χ0v) is 31.4. The number of hydrogen-bond donors (Lipinski definition) is 0. The number of para-hydroxylation sites is 1. The van der Waals surface area contributed by atoms with Gasteiger partial charge in [-0.2, -0.15) is 37.0 Å². The van der Waals surface area contributed by atoms with Gasteiger partial charge in [0.2, 0.25) is 0 Å². The number of fused-ring (bicyclic) bond motifs is 9. The van der Waals surface area contributed by atoms with E-state index in [1.54, 1.807) is 0 Å². The summed E-state index contributed by atoms with van der Waals surface area (Å²) in [5, 5.41) is 8.56. The van der Waals surface area contributed by atoms with Crippen LogP contribution in [0.25, 0.3) is 60.1 Å². The van der Waals surface area contributed by atoms with E-state index < -0.39 is 0 Å². The first-order valence-electron chi connectivity index (χ1n) is 17.1. The second kappa shape index (κ2) is 13.7. The van der Waals surface area contributed by atoms with Gasteiger partial charge in [-0.05, 0) is 75.4 Å². The molecule has 0 radical (unpaired) electrons. The van der Waals surface area contributed by atoms with Crippen LogP contribution in [0.4, 0.5) is 5.69 Å². The number of pyridine rings is 1. The quantitative estimate of drug-likeness (QED) is 0.100. The molecular weight excluding hydrogens is 789 g/mol. The fourth-order valence-electron chi connectivity index (χ4n) is 7.15. The first kappa shape index (κ1) is 33.5. The molecule has 8 aromatic rings. The third-order valence-corrected chi connectivity index (χ3v) is 9.57. The van der Waals surface area contributed by atoms with Crippen LogP contribution in [0.3, 0.4) is 0 Å². The molecule has 248 valence electrons. The number of nitrogens with zero attached hydrogens (tertiary/aromatic N) is 4. The molecule has 0 unspecified atom stereocenters. The zero-order valence-electron chi connectivity index (χ0n) is 29.0. The summed E-state index contributed by atoms with van der Waals surface area (Å²) in [4.78, 5) is 9.34. The molecule has 0 amide bonds. The number of hydrogen-bond acceptors (Lipinski definition) is 3. The van der Waals surface area contributed by atoms with Crippen molar-refractivity contribution >= 4 is 54.6 Å². The topological polar surface area (TPSA) is 23.8 Å². The van der Waals surface area contributed by atoms with E-state index in [4.69, 9.17) is 4.98 Å². The van der Waals surface area contributed by atoms with Crippen LogP contribution >= 0.6 is 0 Å². The van der Waals surface area contributed by atoms with Crippen molar-refractivity contribution in [1.29, 1.82) is 0 Å². The Morgan fingerprint density at radius 3 is 2.10 bits per heavy atom. The summed E-state index contributed by atoms with van der Waals surface area (Å²) in [5.41, 5.74) is 8.23. The van der Waals surface area contributed by atoms with E-state index >= 15 is 0 Å². The van der Waals surface area contributed by atoms with Crippen molar-refractivity contribution in [3.63, 3.8) is 0 Å². The molecule has 0 saturated carbocycles. The number of imidazole rings is 1. The molecule has 0 spiro atoms. The van der Waals surface area contributed by atoms with Crippen molar-refractivity contribution in [1.82, 2.24) is 14.3 Å². The normalized spacial score (nSPS) is 12.9. The second-order valence-electron chi connectivity index (χ2n) is 13.5. The molecule has 6 aromatic carbocycles. The van der Waals surface area contributed by atoms with Gasteiger partial charge in [-0.25, -0.2) is 0 Å². The van der Waals surface area contributed by atoms with E-state index in [-0.39, 0.29) is 20.1 Å². The van der Waals surface area contributed by atoms with Gasteiger partial charge in [0.15, 0.2) is 0 Å². The molecule has 0 fully saturated rings. The first-order valence-corrected chi connectivity index (χ1v) is 17.1. The van der Waals surface area contributed by atoms with Gasteiger partial charge in [0.05, 0.1) is 11.3 Å². The molecule has 0 N–H and O–H groups in total. The molecule has 5 heteroatoms. The molecule has 0 bridgehead atoms. The van der Waals surface area contributed by atoms with E-state index in [1.807, 2.05) is 66.2 Å². The average Bonchev–Trinajstić information content (AvgIpc) is 3.78. The molecule has 9 rings (SSSR count). The molecular formula is C45H39IrN4. The predicted octanol–water partition coefficient (Wildman–Crippen LogP) is 11.5. The summed E-state index contributed by atoms with van der Waals surface area (Å²) in [6.07, 6.45) is 6.25. The maximum absolute atomic E-state index is 5.31. The Hall–Kier alpha value is -4.96. The van der Waals surface area contributed by atoms with E-state index in [9.17, 15) is 0 Å². The summed E-state index contributed by atoms with van der Waals surface area (Å²) in [7, 11) is 2.00. The third kappa shape index (κ3) is 5.95. The molecule has 1 aliphatic rings. The first-order chi connectivity index (χ1) is 23.9. The van der Waals surface area contributed by atoms with Crippen LogP contribution in [0, 0.1) is 18.8 Å². The van der Waals surface area contributed by atoms with Crippen molar-refractivity contribution in [2.45, 2.75) is 39.5 Å². The van der Waals surface area contributed by atoms with Gasteiger partial charge in [0.25, 0.3) is 0 Å². The molecule has 1 aliphatic heterocycles. The van der Waals surface area contributed by atoms with Crippen molar-refractivity contribution < 1.29 is 20.1 Å². The van der Waals surface area contributed by atoms with E-state index in [0.717, 1.165) is 22.4 Å². The van der Waals surface area contributed by atoms with E-state index in [2.05, 4.69) is 129 Å². The van der Waals surface area contributed by atoms with Gasteiger partial charge in [-0.15, -0.1) is 35.3 Å². The van der Waals surface area contributed by atoms with Crippen LogP contribution in [0.5, 0.6) is 0 Å². The van der Waals surface area contributed by atoms with Crippen LogP contribution in [-0.2, 0) is 20.1 Å². The second-order valence-corrected chi connectivity index (χ2v) is 13.5. The molecule has 2 aromatic heterocycles. The minimum atomic E-state index is 0. The number of anilines is 1. The maximum Gasteiger partial charge on any atom is 3.00 e. The molecule has 3 heterocycles. The van der Waals surface area contributed by atoms with Gasteiger partial charge in [-0.1, -0.05) is 93.7 Å². The Morgan fingerprint density at radius 1 is 0.660 bits per heavy atom. The molecule has 0 atom stereocenters. The number of benzene rings is 6. The monoisotopic (exact) mass is 828 g/mol. The summed E-state index contributed by atoms with van der Waals surface area (Å²) in [6.45, 7) is 11.1. The number of rotatable bonds is 4. The molecule has 0 aliphatic carbocycles. The standard InChI is InChI=1S/C35H29N2.C10H10N2.Ir/c1-21(2)25-14-9-15-26(22(3)4)34(25)32-20-37-33-18-24-17-16-23-10-5-6-11-27(23)30(24)19-31(33)28-12-7-8-13-29(28)35(37)36-32;1-11-7-8-12(9-11)10-5-3-2-4-6-10;/h5-12,14-22H,1-4H3;2-5,7-9H,1H3;/q-1;-2;+3. The summed E-state index contributed by atoms with van der Waals surface area (Å²) in [6, 6.07) is 45.4. The molecule has 4 nitrogen and oxygen atoms in total. The molecule has 0 saturated heterocycles. The Balaban J connectivity index is 0.000000255. The summed E-state index contributed by atoms with van der Waals surface area (Å²) >= 11 is 0. The van der Waals surface area contributed by atoms with E-state index in [0.29, 0.717) is 11.8 Å². The minimum Gasteiger partial charge on any atom is -0.510 e. The number of aromatic nitrogens is 2. The third-order valence-electron chi connectivity index (χ3n) is 9.57. The van der Waals surface area contributed by atoms with Crippen LogP contribution in [0.1, 0.15) is 50.7 Å². The van der Waals surface area contributed by atoms with Gasteiger partial charge in [0, 0.05) is 17.3 Å². The Morgan fingerprint density at radius 2 is 1.38 bits per heavy atom. The van der Waals surface area contributed by atoms with Crippen LogP contribution in [-0.4, -0.2) is 21.3 Å². The van der Waals surface area contributed by atoms with Crippen LogP contribution < -0.4 is 4.90 Å². The van der Waals surface area contributed by atoms with Gasteiger partial charge in [-0.3, -0.25) is 4.98 Å². The fraction of sp³-hybridized carbons (Fsp3) is 0.156.